The van der Waals surface area contributed by atoms with Crippen LogP contribution in [0.3, 0.4) is 0 Å². The molecule has 71 heavy (non-hydrogen) atoms. The Morgan fingerprint density at radius 2 is 1.04 bits per heavy atom. The van der Waals surface area contributed by atoms with E-state index in [1.165, 1.54) is 89.2 Å². The number of hydrogen-bond donors (Lipinski definition) is 0. The lowest BCUT2D eigenvalue weighted by atomic mass is 9.70. The van der Waals surface area contributed by atoms with Gasteiger partial charge < -0.3 is 9.80 Å². The number of rotatable bonds is 18. The Kier molecular flexibility index (Phi) is 13.2. The largest absolute Gasteiger partial charge is 0.334 e. The fourth-order valence-corrected chi connectivity index (χ4v) is 11.9. The van der Waals surface area contributed by atoms with Gasteiger partial charge in [0.05, 0.1) is 11.7 Å². The molecule has 9 aromatic rings. The quantitative estimate of drug-likeness (QED) is 0.0792. The Morgan fingerprint density at radius 3 is 1.72 bits per heavy atom. The van der Waals surface area contributed by atoms with E-state index in [9.17, 15) is 0 Å². The standard InChI is InChI=1S/C69H62N2/c1-3-51-25-19-27-53(47-51)23-15-17-45-69(46-18-16-24-54-28-20-26-52(4-2)48-54)65-49-59(70(57-33-7-5-8-34-57)67-39-21-31-55-29-11-13-37-61(55)67)41-43-63(65)64-44-42-60(50-66(64)69)71(58-35-9-6-10-36-58)68-40-22-32-56-30-12-14-38-62(56)68/h3-14,19-22,25-39,41-44,47-50,68H,1-2,15-18,23-24,40,45-46H2. The summed E-state index contributed by atoms with van der Waals surface area (Å²) in [5, 5.41) is 2.47. The summed E-state index contributed by atoms with van der Waals surface area (Å²) in [5.74, 6) is 0. The summed E-state index contributed by atoms with van der Waals surface area (Å²) >= 11 is 0. The Hall–Kier alpha value is -7.94. The molecule has 1 unspecified atom stereocenters. The van der Waals surface area contributed by atoms with Crippen molar-refractivity contribution in [3.8, 4) is 11.1 Å². The van der Waals surface area contributed by atoms with Crippen molar-refractivity contribution in [2.24, 2.45) is 0 Å². The van der Waals surface area contributed by atoms with E-state index < -0.39 is 0 Å². The van der Waals surface area contributed by atoms with Crippen LogP contribution in [0.1, 0.15) is 95.5 Å². The molecule has 0 saturated heterocycles. The van der Waals surface area contributed by atoms with Gasteiger partial charge in [-0.25, -0.2) is 0 Å². The smallest absolute Gasteiger partial charge is 0.0631 e. The van der Waals surface area contributed by atoms with Crippen molar-refractivity contribution in [3.05, 3.63) is 276 Å². The van der Waals surface area contributed by atoms with E-state index in [4.69, 9.17) is 0 Å². The lowest BCUT2D eigenvalue weighted by Crippen LogP contribution is -2.28. The Balaban J connectivity index is 1.07. The van der Waals surface area contributed by atoms with Gasteiger partial charge in [-0.1, -0.05) is 208 Å². The number of hydrogen-bond acceptors (Lipinski definition) is 2. The van der Waals surface area contributed by atoms with Gasteiger partial charge in [0.15, 0.2) is 0 Å². The molecule has 0 spiro atoms. The minimum absolute atomic E-state index is 0.152. The van der Waals surface area contributed by atoms with E-state index in [0.717, 1.165) is 63.5 Å². The normalized spacial score (nSPS) is 14.1. The summed E-state index contributed by atoms with van der Waals surface area (Å²) < 4.78 is 0. The fourth-order valence-electron chi connectivity index (χ4n) is 11.9. The molecule has 2 nitrogen and oxygen atoms in total. The van der Waals surface area contributed by atoms with Crippen molar-refractivity contribution in [3.63, 3.8) is 0 Å². The summed E-state index contributed by atoms with van der Waals surface area (Å²) in [7, 11) is 0. The first kappa shape index (κ1) is 45.5. The van der Waals surface area contributed by atoms with Crippen molar-refractivity contribution in [1.82, 2.24) is 0 Å². The van der Waals surface area contributed by atoms with Crippen molar-refractivity contribution in [2.45, 2.75) is 69.2 Å². The molecule has 2 aliphatic carbocycles. The first-order valence-corrected chi connectivity index (χ1v) is 25.8. The van der Waals surface area contributed by atoms with Gasteiger partial charge in [0.25, 0.3) is 0 Å². The predicted octanol–water partition coefficient (Wildman–Crippen LogP) is 19.0. The minimum atomic E-state index is -0.240. The first-order chi connectivity index (χ1) is 35.1. The zero-order valence-electron chi connectivity index (χ0n) is 40.8. The highest BCUT2D eigenvalue weighted by Crippen LogP contribution is 2.57. The number of fused-ring (bicyclic) bond motifs is 5. The molecule has 0 aliphatic heterocycles. The molecule has 1 atom stereocenters. The van der Waals surface area contributed by atoms with Crippen LogP contribution >= 0.6 is 0 Å². The van der Waals surface area contributed by atoms with Crippen molar-refractivity contribution in [2.75, 3.05) is 9.80 Å². The third-order valence-corrected chi connectivity index (χ3v) is 15.3. The van der Waals surface area contributed by atoms with Crippen LogP contribution in [0.2, 0.25) is 0 Å². The molecule has 2 heteroatoms. The number of unbranched alkanes of at least 4 members (excludes halogenated alkanes) is 2. The van der Waals surface area contributed by atoms with E-state index in [1.54, 1.807) is 0 Å². The predicted molar refractivity (Wildman–Crippen MR) is 304 cm³/mol. The van der Waals surface area contributed by atoms with E-state index in [2.05, 4.69) is 247 Å². The second-order valence-electron chi connectivity index (χ2n) is 19.5. The molecule has 0 N–H and O–H groups in total. The maximum atomic E-state index is 4.07. The number of para-hydroxylation sites is 2. The molecule has 0 fully saturated rings. The van der Waals surface area contributed by atoms with E-state index in [1.807, 2.05) is 12.2 Å². The van der Waals surface area contributed by atoms with Crippen LogP contribution in [0.15, 0.2) is 232 Å². The Labute approximate surface area is 421 Å². The van der Waals surface area contributed by atoms with Crippen LogP contribution in [0.4, 0.5) is 28.4 Å². The van der Waals surface area contributed by atoms with Crippen LogP contribution in [-0.2, 0) is 18.3 Å². The van der Waals surface area contributed by atoms with Gasteiger partial charge in [-0.2, -0.15) is 0 Å². The average Bonchev–Trinajstić information content (AvgIpc) is 3.69. The Morgan fingerprint density at radius 1 is 0.479 bits per heavy atom. The van der Waals surface area contributed by atoms with Crippen LogP contribution in [0.5, 0.6) is 0 Å². The van der Waals surface area contributed by atoms with Gasteiger partial charge in [-0.3, -0.25) is 0 Å². The molecular formula is C69H62N2. The lowest BCUT2D eigenvalue weighted by Gasteiger charge is -2.38. The summed E-state index contributed by atoms with van der Waals surface area (Å²) in [6.07, 6.45) is 18.1. The third kappa shape index (κ3) is 9.19. The second kappa shape index (κ2) is 20.6. The zero-order chi connectivity index (χ0) is 48.0. The fraction of sp³-hybridized carbons (Fsp3) is 0.159. The maximum absolute atomic E-state index is 4.07. The first-order valence-electron chi connectivity index (χ1n) is 25.8. The van der Waals surface area contributed by atoms with Crippen LogP contribution in [0.25, 0.3) is 40.1 Å². The van der Waals surface area contributed by atoms with Gasteiger partial charge in [0.2, 0.25) is 0 Å². The molecule has 9 aromatic carbocycles. The van der Waals surface area contributed by atoms with Crippen molar-refractivity contribution < 1.29 is 0 Å². The van der Waals surface area contributed by atoms with E-state index in [0.29, 0.717) is 0 Å². The van der Waals surface area contributed by atoms with E-state index >= 15 is 0 Å². The number of aryl methyl sites for hydroxylation is 2. The van der Waals surface area contributed by atoms with Gasteiger partial charge in [-0.15, -0.1) is 0 Å². The maximum Gasteiger partial charge on any atom is 0.0631 e. The molecule has 0 heterocycles. The highest BCUT2D eigenvalue weighted by Gasteiger charge is 2.43. The molecule has 0 bridgehead atoms. The lowest BCUT2D eigenvalue weighted by molar-refractivity contribution is 0.407. The summed E-state index contributed by atoms with van der Waals surface area (Å²) in [5.41, 5.74) is 19.1. The summed E-state index contributed by atoms with van der Waals surface area (Å²) in [4.78, 5) is 5.12. The Bertz CT molecular complexity index is 3300. The van der Waals surface area contributed by atoms with Gasteiger partial charge in [0.1, 0.15) is 0 Å². The zero-order valence-corrected chi connectivity index (χ0v) is 40.8. The monoisotopic (exact) mass is 918 g/mol. The highest BCUT2D eigenvalue weighted by molar-refractivity contribution is 5.99. The summed E-state index contributed by atoms with van der Waals surface area (Å²) in [6.45, 7) is 8.15. The van der Waals surface area contributed by atoms with Gasteiger partial charge in [-0.05, 0) is 161 Å². The average molecular weight is 919 g/mol. The SMILES string of the molecule is C=Cc1cccc(CCCCC2(CCCCc3cccc(C=C)c3)c3cc(N(c4ccccc4)c4cccc5ccccc45)ccc3-c3ccc(N(c4ccccc4)C4CC=Cc5ccccc54)cc32)c1. The van der Waals surface area contributed by atoms with Crippen LogP contribution in [0, 0.1) is 0 Å². The van der Waals surface area contributed by atoms with Crippen LogP contribution < -0.4 is 9.80 Å². The van der Waals surface area contributed by atoms with Gasteiger partial charge >= 0.3 is 0 Å². The molecule has 0 amide bonds. The number of benzene rings is 9. The van der Waals surface area contributed by atoms with Crippen LogP contribution in [-0.4, -0.2) is 0 Å². The molecule has 11 rings (SSSR count). The molecule has 348 valence electrons. The van der Waals surface area contributed by atoms with E-state index in [-0.39, 0.29) is 11.5 Å². The molecule has 0 aromatic heterocycles. The number of anilines is 5. The van der Waals surface area contributed by atoms with Gasteiger partial charge in [0, 0.05) is 33.6 Å². The van der Waals surface area contributed by atoms with Crippen molar-refractivity contribution >= 4 is 57.4 Å². The molecule has 0 radical (unpaired) electrons. The minimum Gasteiger partial charge on any atom is -0.334 e. The second-order valence-corrected chi connectivity index (χ2v) is 19.5. The molecule has 2 aliphatic rings. The highest BCUT2D eigenvalue weighted by atomic mass is 15.2. The molecular weight excluding hydrogens is 857 g/mol. The topological polar surface area (TPSA) is 6.48 Å². The summed E-state index contributed by atoms with van der Waals surface area (Å²) in [6, 6.07) is 79.4. The molecule has 0 saturated carbocycles. The third-order valence-electron chi connectivity index (χ3n) is 15.3. The van der Waals surface area contributed by atoms with Crippen molar-refractivity contribution in [1.29, 1.82) is 0 Å². The number of nitrogens with zero attached hydrogens (tertiary/aromatic N) is 2.